The van der Waals surface area contributed by atoms with Gasteiger partial charge in [-0.05, 0) is 74.5 Å². The van der Waals surface area contributed by atoms with Crippen LogP contribution in [0, 0.1) is 18.5 Å². The van der Waals surface area contributed by atoms with E-state index < -0.39 is 0 Å². The molecular weight excluding hydrogens is 868 g/mol. The maximum atomic E-state index is 6.56. The summed E-state index contributed by atoms with van der Waals surface area (Å²) in [6.45, 7) is 13.6. The molecule has 0 aliphatic heterocycles. The van der Waals surface area contributed by atoms with Crippen molar-refractivity contribution in [2.24, 2.45) is 0 Å². The number of hydrogen-bond acceptors (Lipinski definition) is 2. The van der Waals surface area contributed by atoms with Crippen LogP contribution in [0.15, 0.2) is 146 Å². The number of benzene rings is 6. The molecule has 0 bridgehead atoms. The zero-order valence-corrected chi connectivity index (χ0v) is 34.6. The molecule has 0 amide bonds. The molecule has 0 saturated carbocycles. The molecule has 0 saturated heterocycles. The molecule has 0 fully saturated rings. The summed E-state index contributed by atoms with van der Waals surface area (Å²) < 4.78 is 13.0. The fourth-order valence-electron chi connectivity index (χ4n) is 7.30. The largest absolute Gasteiger partial charge is 0.510 e. The molecular formula is C50H42N4OPt-2. The van der Waals surface area contributed by atoms with E-state index >= 15 is 0 Å². The van der Waals surface area contributed by atoms with E-state index in [-0.39, 0.29) is 31.9 Å². The van der Waals surface area contributed by atoms with Gasteiger partial charge in [-0.15, -0.1) is 29.7 Å². The van der Waals surface area contributed by atoms with Crippen LogP contribution < -0.4 is 9.30 Å². The number of aromatic nitrogens is 4. The number of imidazole rings is 1. The van der Waals surface area contributed by atoms with Gasteiger partial charge in [0.25, 0.3) is 6.33 Å². The van der Waals surface area contributed by atoms with Gasteiger partial charge in [0.15, 0.2) is 0 Å². The number of hydrogen-bond donors (Lipinski definition) is 0. The van der Waals surface area contributed by atoms with E-state index in [9.17, 15) is 0 Å². The number of nitrogens with zero attached hydrogens (tertiary/aromatic N) is 4. The maximum absolute atomic E-state index is 6.56. The van der Waals surface area contributed by atoms with Gasteiger partial charge in [0.2, 0.25) is 0 Å². The Kier molecular flexibility index (Phi) is 9.55. The fourth-order valence-corrected chi connectivity index (χ4v) is 7.30. The van der Waals surface area contributed by atoms with Crippen molar-refractivity contribution < 1.29 is 30.4 Å². The van der Waals surface area contributed by atoms with Gasteiger partial charge in [0.1, 0.15) is 5.82 Å². The summed E-state index contributed by atoms with van der Waals surface area (Å²) in [5, 5.41) is 2.21. The third kappa shape index (κ3) is 6.86. The predicted octanol–water partition coefficient (Wildman–Crippen LogP) is 11.9. The summed E-state index contributed by atoms with van der Waals surface area (Å²) >= 11 is 0. The van der Waals surface area contributed by atoms with E-state index in [0.29, 0.717) is 11.5 Å². The van der Waals surface area contributed by atoms with Crippen molar-refractivity contribution in [1.29, 1.82) is 0 Å². The van der Waals surface area contributed by atoms with Crippen molar-refractivity contribution in [1.82, 2.24) is 14.1 Å². The van der Waals surface area contributed by atoms with Crippen LogP contribution in [-0.2, 0) is 31.9 Å². The zero-order valence-electron chi connectivity index (χ0n) is 32.4. The quantitative estimate of drug-likeness (QED) is 0.123. The molecule has 0 aliphatic carbocycles. The molecule has 0 N–H and O–H groups in total. The molecule has 6 heteroatoms. The Hall–Kier alpha value is -5.77. The molecule has 9 rings (SSSR count). The molecule has 0 unspecified atom stereocenters. The molecule has 280 valence electrons. The van der Waals surface area contributed by atoms with Crippen LogP contribution in [0.2, 0.25) is 0 Å². The molecule has 0 spiro atoms. The van der Waals surface area contributed by atoms with Crippen molar-refractivity contribution in [3.63, 3.8) is 0 Å². The summed E-state index contributed by atoms with van der Waals surface area (Å²) in [5.41, 5.74) is 10.8. The summed E-state index contributed by atoms with van der Waals surface area (Å²) in [7, 11) is 0. The van der Waals surface area contributed by atoms with E-state index in [1.54, 1.807) is 0 Å². The molecule has 56 heavy (non-hydrogen) atoms. The minimum Gasteiger partial charge on any atom is -0.510 e. The van der Waals surface area contributed by atoms with E-state index in [1.165, 1.54) is 11.1 Å². The predicted molar refractivity (Wildman–Crippen MR) is 223 cm³/mol. The Morgan fingerprint density at radius 1 is 0.589 bits per heavy atom. The number of ether oxygens (including phenoxy) is 1. The second-order valence-corrected chi connectivity index (χ2v) is 16.2. The van der Waals surface area contributed by atoms with Gasteiger partial charge in [-0.25, -0.2) is 4.98 Å². The molecule has 5 nitrogen and oxygen atoms in total. The first-order valence-electron chi connectivity index (χ1n) is 18.8. The summed E-state index contributed by atoms with van der Waals surface area (Å²) in [6, 6.07) is 55.6. The van der Waals surface area contributed by atoms with Crippen LogP contribution >= 0.6 is 0 Å². The third-order valence-electron chi connectivity index (χ3n) is 10.3. The van der Waals surface area contributed by atoms with Crippen molar-refractivity contribution in [2.75, 3.05) is 0 Å². The second-order valence-electron chi connectivity index (χ2n) is 16.2. The van der Waals surface area contributed by atoms with E-state index in [2.05, 4.69) is 177 Å². The standard InChI is InChI=1S/C50H42N4O.Pt/c1-49(2,3)36-28-37(50(4,5)6)30-39(29-36)53-33-52(45-21-12-13-22-46(45)53)38-17-14-18-40(31-38)55-41-23-24-43-42-19-10-11-20-44(42)54(47(43)32-41)48-27-35(25-26-51-48)34-15-8-7-9-16-34;/h7-30H,1-6H3;/q-2;. The molecule has 0 atom stereocenters. The van der Waals surface area contributed by atoms with Crippen LogP contribution in [0.5, 0.6) is 11.5 Å². The SMILES string of the molecule is CC(C)(C)c1cc(-n2[c-][n+](-c3[c-]c(Oc4[c-]c5c(cc4)c4ccccc4n5-c4cc(-c5ccccc5)ccn4)ccc3)c3ccccc32)cc(C(C)(C)C)c1.[Pt]. The Balaban J connectivity index is 0.00000441. The van der Waals surface area contributed by atoms with Gasteiger partial charge in [0.05, 0.1) is 16.7 Å². The van der Waals surface area contributed by atoms with E-state index in [4.69, 9.17) is 9.72 Å². The number of rotatable bonds is 6. The molecule has 6 aromatic carbocycles. The maximum Gasteiger partial charge on any atom is 0.268 e. The average Bonchev–Trinajstić information content (AvgIpc) is 3.74. The van der Waals surface area contributed by atoms with Crippen molar-refractivity contribution in [3.8, 4) is 39.8 Å². The van der Waals surface area contributed by atoms with Crippen molar-refractivity contribution in [2.45, 2.75) is 52.4 Å². The van der Waals surface area contributed by atoms with Crippen LogP contribution in [-0.4, -0.2) is 14.1 Å². The van der Waals surface area contributed by atoms with Gasteiger partial charge in [-0.2, -0.15) is 18.2 Å². The van der Waals surface area contributed by atoms with Crippen LogP contribution in [0.1, 0.15) is 52.7 Å². The van der Waals surface area contributed by atoms with E-state index in [0.717, 1.165) is 61.2 Å². The van der Waals surface area contributed by atoms with Gasteiger partial charge in [-0.3, -0.25) is 4.57 Å². The van der Waals surface area contributed by atoms with E-state index in [1.807, 2.05) is 42.6 Å². The van der Waals surface area contributed by atoms with Crippen molar-refractivity contribution in [3.05, 3.63) is 175 Å². The Labute approximate surface area is 343 Å². The van der Waals surface area contributed by atoms with Crippen molar-refractivity contribution >= 4 is 32.8 Å². The normalized spacial score (nSPS) is 12.0. The fraction of sp³-hybridized carbons (Fsp3) is 0.160. The van der Waals surface area contributed by atoms with Gasteiger partial charge < -0.3 is 13.9 Å². The average molecular weight is 910 g/mol. The van der Waals surface area contributed by atoms with Crippen LogP contribution in [0.4, 0.5) is 0 Å². The molecule has 3 aromatic heterocycles. The van der Waals surface area contributed by atoms with Gasteiger partial charge in [0, 0.05) is 44.3 Å². The van der Waals surface area contributed by atoms with Gasteiger partial charge in [-0.1, -0.05) is 126 Å². The summed E-state index contributed by atoms with van der Waals surface area (Å²) in [5.74, 6) is 2.00. The smallest absolute Gasteiger partial charge is 0.268 e. The summed E-state index contributed by atoms with van der Waals surface area (Å²) in [6.07, 6.45) is 5.55. The molecule has 0 aliphatic rings. The topological polar surface area (TPSA) is 35.9 Å². The minimum atomic E-state index is -0.00844. The first kappa shape index (κ1) is 37.2. The second kappa shape index (κ2) is 14.4. The number of fused-ring (bicyclic) bond motifs is 4. The number of pyridine rings is 1. The Bertz CT molecular complexity index is 2840. The first-order chi connectivity index (χ1) is 26.5. The van der Waals surface area contributed by atoms with Crippen LogP contribution in [0.25, 0.3) is 61.2 Å². The third-order valence-corrected chi connectivity index (χ3v) is 10.3. The molecule has 3 heterocycles. The number of para-hydroxylation sites is 3. The first-order valence-corrected chi connectivity index (χ1v) is 18.8. The Morgan fingerprint density at radius 2 is 1.27 bits per heavy atom. The summed E-state index contributed by atoms with van der Waals surface area (Å²) in [4.78, 5) is 4.84. The monoisotopic (exact) mass is 909 g/mol. The zero-order chi connectivity index (χ0) is 37.9. The Morgan fingerprint density at radius 3 is 2.02 bits per heavy atom. The molecule has 0 radical (unpaired) electrons. The van der Waals surface area contributed by atoms with Crippen LogP contribution in [0.3, 0.4) is 0 Å². The molecule has 9 aromatic rings. The minimum absolute atomic E-state index is 0. The van der Waals surface area contributed by atoms with Gasteiger partial charge >= 0.3 is 0 Å².